The van der Waals surface area contributed by atoms with Crippen LogP contribution >= 0.6 is 0 Å². The van der Waals surface area contributed by atoms with E-state index in [9.17, 15) is 14.0 Å². The molecule has 0 saturated carbocycles. The number of aromatic nitrogens is 2. The highest BCUT2D eigenvalue weighted by Crippen LogP contribution is 2.17. The van der Waals surface area contributed by atoms with E-state index in [1.54, 1.807) is 0 Å². The number of aliphatic hydroxyl groups excluding tert-OH is 1. The second kappa shape index (κ2) is 9.44. The largest absolute Gasteiger partial charge is 0.393 e. The van der Waals surface area contributed by atoms with Crippen LogP contribution < -0.4 is 11.2 Å². The first-order chi connectivity index (χ1) is 8.91. The normalized spacial score (nSPS) is 14.3. The molecule has 0 aliphatic carbocycles. The molecular formula is C13H25FN2O4. The van der Waals surface area contributed by atoms with Crippen LogP contribution in [0.4, 0.5) is 4.39 Å². The standard InChI is InChI=1S/C10H15FN2O4.C2H6.CH4/c1-7(17-10(2,5-11)6-14)13-4-3-8(15)12-9(13)16;1-2;/h3-4,7,14H,5-6H2,1-2H3,(H,12,15,16);1-2H3;1H4/t7?,10-;;/m0../s1. The molecule has 2 atom stereocenters. The Bertz CT molecular complexity index is 480. The van der Waals surface area contributed by atoms with Gasteiger partial charge in [-0.1, -0.05) is 21.3 Å². The van der Waals surface area contributed by atoms with E-state index >= 15 is 0 Å². The van der Waals surface area contributed by atoms with Crippen LogP contribution in [-0.4, -0.2) is 33.5 Å². The molecule has 1 rings (SSSR count). The summed E-state index contributed by atoms with van der Waals surface area (Å²) in [6, 6.07) is 1.16. The summed E-state index contributed by atoms with van der Waals surface area (Å²) in [7, 11) is 0. The molecule has 0 amide bonds. The first-order valence-corrected chi connectivity index (χ1v) is 6.08. The molecule has 7 heteroatoms. The number of hydrogen-bond donors (Lipinski definition) is 2. The van der Waals surface area contributed by atoms with Gasteiger partial charge < -0.3 is 9.84 Å². The molecular weight excluding hydrogens is 267 g/mol. The van der Waals surface area contributed by atoms with Gasteiger partial charge in [-0.2, -0.15) is 0 Å². The third-order valence-electron chi connectivity index (χ3n) is 2.32. The fourth-order valence-electron chi connectivity index (χ4n) is 1.29. The van der Waals surface area contributed by atoms with Gasteiger partial charge in [0.05, 0.1) is 6.61 Å². The lowest BCUT2D eigenvalue weighted by Crippen LogP contribution is -2.40. The molecule has 0 radical (unpaired) electrons. The predicted molar refractivity (Wildman–Crippen MR) is 76.7 cm³/mol. The van der Waals surface area contributed by atoms with E-state index in [4.69, 9.17) is 9.84 Å². The Morgan fingerprint density at radius 2 is 2.05 bits per heavy atom. The molecule has 20 heavy (non-hydrogen) atoms. The molecule has 0 aliphatic heterocycles. The number of rotatable bonds is 5. The van der Waals surface area contributed by atoms with Crippen LogP contribution in [-0.2, 0) is 4.74 Å². The molecule has 1 heterocycles. The Morgan fingerprint density at radius 1 is 1.50 bits per heavy atom. The smallest absolute Gasteiger partial charge is 0.330 e. The van der Waals surface area contributed by atoms with Crippen molar-refractivity contribution in [1.29, 1.82) is 0 Å². The average Bonchev–Trinajstić information content (AvgIpc) is 2.40. The Kier molecular flexibility index (Phi) is 9.83. The van der Waals surface area contributed by atoms with Gasteiger partial charge in [-0.15, -0.1) is 0 Å². The summed E-state index contributed by atoms with van der Waals surface area (Å²) in [6.45, 7) is 5.52. The monoisotopic (exact) mass is 292 g/mol. The zero-order valence-corrected chi connectivity index (χ0v) is 11.6. The quantitative estimate of drug-likeness (QED) is 0.860. The summed E-state index contributed by atoms with van der Waals surface area (Å²) in [6.07, 6.45) is 0.453. The lowest BCUT2D eigenvalue weighted by Gasteiger charge is -2.28. The number of halogens is 1. The van der Waals surface area contributed by atoms with Gasteiger partial charge in [0, 0.05) is 12.3 Å². The van der Waals surface area contributed by atoms with E-state index < -0.39 is 36.4 Å². The number of nitrogens with one attached hydrogen (secondary N) is 1. The molecule has 0 saturated heterocycles. The maximum Gasteiger partial charge on any atom is 0.330 e. The van der Waals surface area contributed by atoms with Gasteiger partial charge in [0.1, 0.15) is 18.5 Å². The first kappa shape index (κ1) is 20.8. The molecule has 6 nitrogen and oxygen atoms in total. The van der Waals surface area contributed by atoms with Crippen molar-refractivity contribution in [1.82, 2.24) is 9.55 Å². The Labute approximate surface area is 118 Å². The molecule has 0 fully saturated rings. The van der Waals surface area contributed by atoms with E-state index in [-0.39, 0.29) is 7.43 Å². The molecule has 1 aromatic heterocycles. The van der Waals surface area contributed by atoms with E-state index in [0.717, 1.165) is 10.6 Å². The minimum Gasteiger partial charge on any atom is -0.393 e. The maximum absolute atomic E-state index is 12.7. The summed E-state index contributed by atoms with van der Waals surface area (Å²) in [4.78, 5) is 24.3. The summed E-state index contributed by atoms with van der Waals surface area (Å²) in [5.41, 5.74) is -2.53. The van der Waals surface area contributed by atoms with Crippen LogP contribution in [0.15, 0.2) is 21.9 Å². The van der Waals surface area contributed by atoms with E-state index in [0.29, 0.717) is 0 Å². The Hall–Kier alpha value is -1.47. The van der Waals surface area contributed by atoms with Crippen LogP contribution in [0.5, 0.6) is 0 Å². The Balaban J connectivity index is 0. The fourth-order valence-corrected chi connectivity index (χ4v) is 1.29. The zero-order chi connectivity index (χ0) is 15.1. The van der Waals surface area contributed by atoms with Crippen molar-refractivity contribution in [3.8, 4) is 0 Å². The lowest BCUT2D eigenvalue weighted by molar-refractivity contribution is -0.140. The third-order valence-corrected chi connectivity index (χ3v) is 2.32. The highest BCUT2D eigenvalue weighted by molar-refractivity contribution is 4.84. The highest BCUT2D eigenvalue weighted by Gasteiger charge is 2.27. The fraction of sp³-hybridized carbons (Fsp3) is 0.692. The molecule has 1 aromatic rings. The molecule has 0 aromatic carbocycles. The molecule has 0 bridgehead atoms. The van der Waals surface area contributed by atoms with Crippen molar-refractivity contribution in [3.63, 3.8) is 0 Å². The van der Waals surface area contributed by atoms with Gasteiger partial charge in [0.15, 0.2) is 0 Å². The molecule has 2 N–H and O–H groups in total. The molecule has 0 spiro atoms. The number of aliphatic hydroxyl groups is 1. The van der Waals surface area contributed by atoms with E-state index in [1.807, 2.05) is 13.8 Å². The highest BCUT2D eigenvalue weighted by atomic mass is 19.1. The lowest BCUT2D eigenvalue weighted by atomic mass is 10.1. The van der Waals surface area contributed by atoms with Crippen LogP contribution in [0.3, 0.4) is 0 Å². The van der Waals surface area contributed by atoms with E-state index in [2.05, 4.69) is 4.98 Å². The van der Waals surface area contributed by atoms with Gasteiger partial charge in [0.25, 0.3) is 5.56 Å². The van der Waals surface area contributed by atoms with Gasteiger partial charge in [-0.25, -0.2) is 9.18 Å². The summed E-state index contributed by atoms with van der Waals surface area (Å²) in [5.74, 6) is 0. The molecule has 118 valence electrons. The number of alkyl halides is 1. The topological polar surface area (TPSA) is 84.3 Å². The van der Waals surface area contributed by atoms with Crippen molar-refractivity contribution in [2.75, 3.05) is 13.3 Å². The average molecular weight is 292 g/mol. The number of H-pyrrole nitrogens is 1. The van der Waals surface area contributed by atoms with Crippen LogP contribution in [0.25, 0.3) is 0 Å². The molecule has 1 unspecified atom stereocenters. The van der Waals surface area contributed by atoms with Gasteiger partial charge in [-0.05, 0) is 13.8 Å². The van der Waals surface area contributed by atoms with Crippen molar-refractivity contribution < 1.29 is 14.2 Å². The van der Waals surface area contributed by atoms with Gasteiger partial charge in [-0.3, -0.25) is 14.3 Å². The van der Waals surface area contributed by atoms with E-state index in [1.165, 1.54) is 20.0 Å². The Morgan fingerprint density at radius 3 is 2.45 bits per heavy atom. The summed E-state index contributed by atoms with van der Waals surface area (Å²) >= 11 is 0. The van der Waals surface area contributed by atoms with Gasteiger partial charge >= 0.3 is 5.69 Å². The third kappa shape index (κ3) is 5.66. The minimum atomic E-state index is -1.37. The number of nitrogens with zero attached hydrogens (tertiary/aromatic N) is 1. The van der Waals surface area contributed by atoms with Crippen molar-refractivity contribution in [3.05, 3.63) is 33.1 Å². The van der Waals surface area contributed by atoms with Crippen LogP contribution in [0.2, 0.25) is 0 Å². The predicted octanol–water partition coefficient (Wildman–Crippen LogP) is 1.45. The summed E-state index contributed by atoms with van der Waals surface area (Å²) in [5, 5.41) is 8.98. The molecule has 0 aliphatic rings. The van der Waals surface area contributed by atoms with Crippen molar-refractivity contribution in [2.45, 2.75) is 47.0 Å². The van der Waals surface area contributed by atoms with Crippen LogP contribution in [0.1, 0.15) is 41.3 Å². The van der Waals surface area contributed by atoms with Crippen molar-refractivity contribution in [2.24, 2.45) is 0 Å². The minimum absolute atomic E-state index is 0. The number of aromatic amines is 1. The SMILES string of the molecule is C.CC.CC(O[C@](C)(CO)CF)n1ccc(=O)[nH]c1=O. The number of hydrogen-bond acceptors (Lipinski definition) is 4. The maximum atomic E-state index is 12.7. The second-order valence-corrected chi connectivity index (χ2v) is 3.98. The zero-order valence-electron chi connectivity index (χ0n) is 11.6. The van der Waals surface area contributed by atoms with Crippen molar-refractivity contribution >= 4 is 0 Å². The second-order valence-electron chi connectivity index (χ2n) is 3.98. The van der Waals surface area contributed by atoms with Crippen LogP contribution in [0, 0.1) is 0 Å². The number of ether oxygens (including phenoxy) is 1. The van der Waals surface area contributed by atoms with Gasteiger partial charge in [0.2, 0.25) is 0 Å². The summed E-state index contributed by atoms with van der Waals surface area (Å²) < 4.78 is 19.0. The first-order valence-electron chi connectivity index (χ1n) is 6.08.